The molecule has 2 aromatic heterocycles. The Morgan fingerprint density at radius 2 is 2.17 bits per heavy atom. The molecule has 7 nitrogen and oxygen atoms in total. The molecule has 0 saturated carbocycles. The number of nitrogens with one attached hydrogen (secondary N) is 2. The SMILES string of the molecule is Cc1nccc(N[C@@H]2COCC[C@@H]2NC(=O)c2occc2C)n1. The predicted octanol–water partition coefficient (Wildman–Crippen LogP) is 1.69. The average Bonchev–Trinajstić information content (AvgIpc) is 2.95. The Morgan fingerprint density at radius 1 is 1.30 bits per heavy atom. The molecule has 3 heterocycles. The Kier molecular flexibility index (Phi) is 4.57. The highest BCUT2D eigenvalue weighted by atomic mass is 16.5. The maximum Gasteiger partial charge on any atom is 0.287 e. The lowest BCUT2D eigenvalue weighted by atomic mass is 10.0. The number of ether oxygens (including phenoxy) is 1. The fourth-order valence-corrected chi connectivity index (χ4v) is 2.62. The van der Waals surface area contributed by atoms with Crippen molar-refractivity contribution >= 4 is 11.7 Å². The highest BCUT2D eigenvalue weighted by Gasteiger charge is 2.28. The predicted molar refractivity (Wildman–Crippen MR) is 84.3 cm³/mol. The van der Waals surface area contributed by atoms with Gasteiger partial charge in [0.05, 0.1) is 25.0 Å². The van der Waals surface area contributed by atoms with Crippen molar-refractivity contribution < 1.29 is 13.9 Å². The molecule has 1 aliphatic rings. The van der Waals surface area contributed by atoms with Gasteiger partial charge in [-0.25, -0.2) is 9.97 Å². The molecule has 1 aliphatic heterocycles. The summed E-state index contributed by atoms with van der Waals surface area (Å²) in [7, 11) is 0. The van der Waals surface area contributed by atoms with Gasteiger partial charge in [-0.3, -0.25) is 4.79 Å². The summed E-state index contributed by atoms with van der Waals surface area (Å²) in [5.41, 5.74) is 0.825. The van der Waals surface area contributed by atoms with Crippen molar-refractivity contribution in [2.75, 3.05) is 18.5 Å². The van der Waals surface area contributed by atoms with Crippen molar-refractivity contribution in [2.45, 2.75) is 32.4 Å². The number of carbonyl (C=O) groups excluding carboxylic acids is 1. The lowest BCUT2D eigenvalue weighted by molar-refractivity contribution is 0.0609. The van der Waals surface area contributed by atoms with E-state index in [0.29, 0.717) is 24.8 Å². The molecule has 7 heteroatoms. The summed E-state index contributed by atoms with van der Waals surface area (Å²) < 4.78 is 10.8. The Balaban J connectivity index is 1.69. The molecule has 2 atom stereocenters. The van der Waals surface area contributed by atoms with E-state index < -0.39 is 0 Å². The zero-order chi connectivity index (χ0) is 16.2. The average molecular weight is 316 g/mol. The maximum atomic E-state index is 12.3. The summed E-state index contributed by atoms with van der Waals surface area (Å²) in [5, 5.41) is 6.34. The molecule has 23 heavy (non-hydrogen) atoms. The molecule has 1 amide bonds. The molecular formula is C16H20N4O3. The van der Waals surface area contributed by atoms with Gasteiger partial charge in [-0.15, -0.1) is 0 Å². The minimum atomic E-state index is -0.204. The molecule has 0 aliphatic carbocycles. The quantitative estimate of drug-likeness (QED) is 0.892. The van der Waals surface area contributed by atoms with Crippen LogP contribution in [0.5, 0.6) is 0 Å². The maximum absolute atomic E-state index is 12.3. The minimum absolute atomic E-state index is 0.0581. The molecule has 122 valence electrons. The van der Waals surface area contributed by atoms with Crippen LogP contribution in [0, 0.1) is 13.8 Å². The topological polar surface area (TPSA) is 89.3 Å². The van der Waals surface area contributed by atoms with Crippen molar-refractivity contribution in [2.24, 2.45) is 0 Å². The van der Waals surface area contributed by atoms with Crippen LogP contribution < -0.4 is 10.6 Å². The standard InChI is InChI=1S/C16H20N4O3/c1-10-4-8-23-15(10)16(21)20-12-5-7-22-9-13(12)19-14-3-6-17-11(2)18-14/h3-4,6,8,12-13H,5,7,9H2,1-2H3,(H,20,21)(H,17,18,19)/t12-,13+/m0/s1. The summed E-state index contributed by atoms with van der Waals surface area (Å²) in [4.78, 5) is 20.8. The summed E-state index contributed by atoms with van der Waals surface area (Å²) in [5.74, 6) is 1.57. The van der Waals surface area contributed by atoms with Gasteiger partial charge in [0.15, 0.2) is 5.76 Å². The van der Waals surface area contributed by atoms with Crippen LogP contribution in [-0.2, 0) is 4.74 Å². The van der Waals surface area contributed by atoms with Crippen molar-refractivity contribution in [1.29, 1.82) is 0 Å². The lowest BCUT2D eigenvalue weighted by Gasteiger charge is -2.32. The molecule has 0 aromatic carbocycles. The summed E-state index contributed by atoms with van der Waals surface area (Å²) in [6, 6.07) is 3.46. The monoisotopic (exact) mass is 316 g/mol. The van der Waals surface area contributed by atoms with Gasteiger partial charge >= 0.3 is 0 Å². The molecule has 0 unspecified atom stereocenters. The van der Waals surface area contributed by atoms with E-state index in [1.54, 1.807) is 18.3 Å². The zero-order valence-corrected chi connectivity index (χ0v) is 13.2. The third-order valence-corrected chi connectivity index (χ3v) is 3.85. The van der Waals surface area contributed by atoms with E-state index in [9.17, 15) is 4.79 Å². The molecule has 0 bridgehead atoms. The number of amides is 1. The summed E-state index contributed by atoms with van der Waals surface area (Å²) in [6.07, 6.45) is 3.95. The minimum Gasteiger partial charge on any atom is -0.459 e. The molecule has 1 fully saturated rings. The fourth-order valence-electron chi connectivity index (χ4n) is 2.62. The first-order chi connectivity index (χ1) is 11.1. The number of aromatic nitrogens is 2. The Hall–Kier alpha value is -2.41. The number of carbonyl (C=O) groups is 1. The summed E-state index contributed by atoms with van der Waals surface area (Å²) >= 11 is 0. The third kappa shape index (κ3) is 3.68. The van der Waals surface area contributed by atoms with Crippen molar-refractivity contribution in [3.63, 3.8) is 0 Å². The van der Waals surface area contributed by atoms with Crippen molar-refractivity contribution in [3.8, 4) is 0 Å². The van der Waals surface area contributed by atoms with Crippen LogP contribution in [0.2, 0.25) is 0 Å². The highest BCUT2D eigenvalue weighted by molar-refractivity contribution is 5.93. The second-order valence-electron chi connectivity index (χ2n) is 5.62. The first-order valence-electron chi connectivity index (χ1n) is 7.62. The van der Waals surface area contributed by atoms with Gasteiger partial charge in [-0.05, 0) is 32.4 Å². The van der Waals surface area contributed by atoms with Gasteiger partial charge in [-0.1, -0.05) is 0 Å². The Bertz CT molecular complexity index is 685. The van der Waals surface area contributed by atoms with E-state index in [-0.39, 0.29) is 18.0 Å². The van der Waals surface area contributed by atoms with Gasteiger partial charge < -0.3 is 19.8 Å². The van der Waals surface area contributed by atoms with Crippen LogP contribution in [0.15, 0.2) is 29.0 Å². The van der Waals surface area contributed by atoms with Gasteiger partial charge in [0, 0.05) is 18.4 Å². The van der Waals surface area contributed by atoms with Gasteiger partial charge in [0.2, 0.25) is 0 Å². The Labute approximate surface area is 134 Å². The molecule has 0 radical (unpaired) electrons. The van der Waals surface area contributed by atoms with Crippen LogP contribution in [0.3, 0.4) is 0 Å². The molecular weight excluding hydrogens is 296 g/mol. The number of nitrogens with zero attached hydrogens (tertiary/aromatic N) is 2. The normalized spacial score (nSPS) is 21.0. The fraction of sp³-hybridized carbons (Fsp3) is 0.438. The van der Waals surface area contributed by atoms with E-state index in [4.69, 9.17) is 9.15 Å². The molecule has 2 N–H and O–H groups in total. The second-order valence-corrected chi connectivity index (χ2v) is 5.62. The molecule has 0 spiro atoms. The number of furan rings is 1. The zero-order valence-electron chi connectivity index (χ0n) is 13.2. The lowest BCUT2D eigenvalue weighted by Crippen LogP contribution is -2.52. The molecule has 3 rings (SSSR count). The van der Waals surface area contributed by atoms with Crippen LogP contribution >= 0.6 is 0 Å². The van der Waals surface area contributed by atoms with E-state index >= 15 is 0 Å². The van der Waals surface area contributed by atoms with Gasteiger partial charge in [0.25, 0.3) is 5.91 Å². The summed E-state index contributed by atoms with van der Waals surface area (Å²) in [6.45, 7) is 4.80. The number of hydrogen-bond donors (Lipinski definition) is 2. The number of rotatable bonds is 4. The number of aryl methyl sites for hydroxylation is 2. The second kappa shape index (κ2) is 6.78. The number of hydrogen-bond acceptors (Lipinski definition) is 6. The third-order valence-electron chi connectivity index (χ3n) is 3.85. The van der Waals surface area contributed by atoms with Crippen LogP contribution in [-0.4, -0.2) is 41.2 Å². The number of anilines is 1. The van der Waals surface area contributed by atoms with Crippen LogP contribution in [0.4, 0.5) is 5.82 Å². The van der Waals surface area contributed by atoms with E-state index in [0.717, 1.165) is 17.8 Å². The highest BCUT2D eigenvalue weighted by Crippen LogP contribution is 2.15. The van der Waals surface area contributed by atoms with Gasteiger partial charge in [0.1, 0.15) is 11.6 Å². The first-order valence-corrected chi connectivity index (χ1v) is 7.62. The molecule has 2 aromatic rings. The first kappa shape index (κ1) is 15.5. The van der Waals surface area contributed by atoms with Crippen LogP contribution in [0.1, 0.15) is 28.4 Å². The van der Waals surface area contributed by atoms with E-state index in [1.807, 2.05) is 13.8 Å². The van der Waals surface area contributed by atoms with E-state index in [1.165, 1.54) is 6.26 Å². The van der Waals surface area contributed by atoms with Crippen LogP contribution in [0.25, 0.3) is 0 Å². The largest absolute Gasteiger partial charge is 0.459 e. The van der Waals surface area contributed by atoms with Crippen molar-refractivity contribution in [1.82, 2.24) is 15.3 Å². The smallest absolute Gasteiger partial charge is 0.287 e. The van der Waals surface area contributed by atoms with E-state index in [2.05, 4.69) is 20.6 Å². The Morgan fingerprint density at radius 3 is 2.91 bits per heavy atom. The molecule has 1 saturated heterocycles. The van der Waals surface area contributed by atoms with Crippen molar-refractivity contribution in [3.05, 3.63) is 41.7 Å². The van der Waals surface area contributed by atoms with Gasteiger partial charge in [-0.2, -0.15) is 0 Å².